The molecule has 1 saturated carbocycles. The number of amides is 2. The Morgan fingerprint density at radius 3 is 2.28 bits per heavy atom. The number of carbonyl (C=O) groups is 2. The maximum absolute atomic E-state index is 13.6. The fourth-order valence-electron chi connectivity index (χ4n) is 5.13. The third-order valence-corrected chi connectivity index (χ3v) is 8.73. The second-order valence-corrected chi connectivity index (χ2v) is 12.5. The average molecular weight is 560 g/mol. The summed E-state index contributed by atoms with van der Waals surface area (Å²) >= 11 is 0. The Morgan fingerprint density at radius 1 is 1.03 bits per heavy atom. The normalized spacial score (nSPS) is 15.0. The van der Waals surface area contributed by atoms with Gasteiger partial charge in [0, 0.05) is 25.6 Å². The molecule has 0 saturated heterocycles. The minimum Gasteiger partial charge on any atom is -0.352 e. The molecule has 9 heteroatoms. The number of hydrogen-bond acceptors (Lipinski definition) is 4. The van der Waals surface area contributed by atoms with Gasteiger partial charge < -0.3 is 10.2 Å². The Morgan fingerprint density at radius 2 is 1.69 bits per heavy atom. The average Bonchev–Trinajstić information content (AvgIpc) is 2.89. The number of nitrogens with one attached hydrogen (secondary N) is 1. The molecule has 1 aliphatic carbocycles. The van der Waals surface area contributed by atoms with Crippen LogP contribution < -0.4 is 9.62 Å². The lowest BCUT2D eigenvalue weighted by atomic mass is 9.95. The summed E-state index contributed by atoms with van der Waals surface area (Å²) in [5, 5.41) is 3.15. The van der Waals surface area contributed by atoms with Crippen molar-refractivity contribution in [2.45, 2.75) is 90.8 Å². The number of benzene rings is 2. The van der Waals surface area contributed by atoms with Gasteiger partial charge in [0.05, 0.1) is 11.9 Å². The van der Waals surface area contributed by atoms with Gasteiger partial charge in [0.2, 0.25) is 21.8 Å². The van der Waals surface area contributed by atoms with Crippen molar-refractivity contribution in [3.8, 4) is 0 Å². The quantitative estimate of drug-likeness (QED) is 0.385. The van der Waals surface area contributed by atoms with Crippen LogP contribution in [0.5, 0.6) is 0 Å². The zero-order chi connectivity index (χ0) is 28.6. The molecule has 1 N–H and O–H groups in total. The van der Waals surface area contributed by atoms with Gasteiger partial charge in [-0.25, -0.2) is 12.8 Å². The molecular weight excluding hydrogens is 517 g/mol. The van der Waals surface area contributed by atoms with Crippen LogP contribution in [0.2, 0.25) is 0 Å². The summed E-state index contributed by atoms with van der Waals surface area (Å²) in [6.07, 6.45) is 7.17. The van der Waals surface area contributed by atoms with E-state index >= 15 is 0 Å². The zero-order valence-electron chi connectivity index (χ0n) is 23.6. The largest absolute Gasteiger partial charge is 0.352 e. The zero-order valence-corrected chi connectivity index (χ0v) is 24.4. The Kier molecular flexibility index (Phi) is 10.9. The summed E-state index contributed by atoms with van der Waals surface area (Å²) < 4.78 is 40.0. The first kappa shape index (κ1) is 30.6. The fourth-order valence-corrected chi connectivity index (χ4v) is 6.09. The van der Waals surface area contributed by atoms with Crippen LogP contribution in [0, 0.1) is 19.7 Å². The van der Waals surface area contributed by atoms with Crippen LogP contribution in [0.25, 0.3) is 0 Å². The minimum atomic E-state index is -3.56. The van der Waals surface area contributed by atoms with E-state index in [0.717, 1.165) is 48.6 Å². The number of anilines is 1. The standard InChI is InChI=1S/C30H42FN3O4S/c1-5-28(30(36)32-26-10-7-6-8-11-26)33(21-24-14-16-25(31)17-15-24)29(35)12-9-19-34(39(4,37)38)27-18-13-22(2)23(3)20-27/h13-18,20,26,28H,5-12,19,21H2,1-4H3,(H,32,36). The van der Waals surface area contributed by atoms with Gasteiger partial charge in [-0.1, -0.05) is 44.4 Å². The van der Waals surface area contributed by atoms with Gasteiger partial charge in [0.25, 0.3) is 0 Å². The Bertz CT molecular complexity index is 1230. The number of nitrogens with zero attached hydrogens (tertiary/aromatic N) is 2. The smallest absolute Gasteiger partial charge is 0.243 e. The van der Waals surface area contributed by atoms with Crippen LogP contribution in [0.3, 0.4) is 0 Å². The number of hydrogen-bond donors (Lipinski definition) is 1. The van der Waals surface area contributed by atoms with Gasteiger partial charge >= 0.3 is 0 Å². The molecule has 214 valence electrons. The molecule has 2 aromatic carbocycles. The Balaban J connectivity index is 1.76. The maximum atomic E-state index is 13.6. The molecule has 3 rings (SSSR count). The third kappa shape index (κ3) is 8.78. The van der Waals surface area contributed by atoms with Crippen molar-refractivity contribution in [1.29, 1.82) is 0 Å². The summed E-state index contributed by atoms with van der Waals surface area (Å²) in [6.45, 7) is 6.08. The van der Waals surface area contributed by atoms with E-state index in [1.807, 2.05) is 32.9 Å². The van der Waals surface area contributed by atoms with Crippen LogP contribution in [0.1, 0.15) is 75.0 Å². The lowest BCUT2D eigenvalue weighted by Crippen LogP contribution is -2.51. The first-order chi connectivity index (χ1) is 18.5. The second kappa shape index (κ2) is 13.9. The van der Waals surface area contributed by atoms with Crippen molar-refractivity contribution in [3.63, 3.8) is 0 Å². The molecular formula is C30H42FN3O4S. The first-order valence-corrected chi connectivity index (χ1v) is 15.7. The Labute approximate surface area is 232 Å². The van der Waals surface area contributed by atoms with Gasteiger partial charge in [0.1, 0.15) is 11.9 Å². The van der Waals surface area contributed by atoms with E-state index in [0.29, 0.717) is 18.5 Å². The van der Waals surface area contributed by atoms with Gasteiger partial charge in [-0.2, -0.15) is 0 Å². The van der Waals surface area contributed by atoms with Crippen molar-refractivity contribution in [1.82, 2.24) is 10.2 Å². The lowest BCUT2D eigenvalue weighted by molar-refractivity contribution is -0.141. The van der Waals surface area contributed by atoms with Crippen LogP contribution in [0.4, 0.5) is 10.1 Å². The van der Waals surface area contributed by atoms with E-state index in [1.165, 1.54) is 22.9 Å². The molecule has 2 amide bonds. The second-order valence-electron chi connectivity index (χ2n) is 10.6. The van der Waals surface area contributed by atoms with Crippen LogP contribution >= 0.6 is 0 Å². The van der Waals surface area contributed by atoms with E-state index in [2.05, 4.69) is 5.32 Å². The molecule has 39 heavy (non-hydrogen) atoms. The number of carbonyl (C=O) groups excluding carboxylic acids is 2. The minimum absolute atomic E-state index is 0.0747. The highest BCUT2D eigenvalue weighted by Gasteiger charge is 2.30. The fraction of sp³-hybridized carbons (Fsp3) is 0.533. The number of sulfonamides is 1. The van der Waals surface area contributed by atoms with Crippen molar-refractivity contribution >= 4 is 27.5 Å². The van der Waals surface area contributed by atoms with E-state index in [9.17, 15) is 22.4 Å². The van der Waals surface area contributed by atoms with Crippen LogP contribution in [0.15, 0.2) is 42.5 Å². The number of rotatable bonds is 12. The molecule has 1 unspecified atom stereocenters. The van der Waals surface area contributed by atoms with Crippen LogP contribution in [-0.4, -0.2) is 50.0 Å². The summed E-state index contributed by atoms with van der Waals surface area (Å²) in [6, 6.07) is 10.9. The van der Waals surface area contributed by atoms with Gasteiger partial charge in [-0.05, 0) is 80.5 Å². The first-order valence-electron chi connectivity index (χ1n) is 13.9. The molecule has 1 aliphatic rings. The summed E-state index contributed by atoms with van der Waals surface area (Å²) in [5.41, 5.74) is 3.34. The highest BCUT2D eigenvalue weighted by molar-refractivity contribution is 7.92. The van der Waals surface area contributed by atoms with E-state index in [4.69, 9.17) is 0 Å². The molecule has 0 heterocycles. The molecule has 1 atom stereocenters. The molecule has 0 aromatic heterocycles. The van der Waals surface area contributed by atoms with Gasteiger partial charge in [-0.3, -0.25) is 13.9 Å². The molecule has 7 nitrogen and oxygen atoms in total. The summed E-state index contributed by atoms with van der Waals surface area (Å²) in [5.74, 6) is -0.780. The maximum Gasteiger partial charge on any atom is 0.243 e. The highest BCUT2D eigenvalue weighted by Crippen LogP contribution is 2.23. The molecule has 0 aliphatic heterocycles. The molecule has 2 aromatic rings. The van der Waals surface area contributed by atoms with Crippen LogP contribution in [-0.2, 0) is 26.2 Å². The highest BCUT2D eigenvalue weighted by atomic mass is 32.2. The predicted molar refractivity (Wildman–Crippen MR) is 153 cm³/mol. The predicted octanol–water partition coefficient (Wildman–Crippen LogP) is 5.25. The SMILES string of the molecule is CCC(C(=O)NC1CCCCC1)N(Cc1ccc(F)cc1)C(=O)CCCN(c1ccc(C)c(C)c1)S(C)(=O)=O. The van der Waals surface area contributed by atoms with Gasteiger partial charge in [0.15, 0.2) is 0 Å². The lowest BCUT2D eigenvalue weighted by Gasteiger charge is -2.33. The molecule has 0 spiro atoms. The monoisotopic (exact) mass is 559 g/mol. The summed E-state index contributed by atoms with van der Waals surface area (Å²) in [4.78, 5) is 28.5. The topological polar surface area (TPSA) is 86.8 Å². The summed E-state index contributed by atoms with van der Waals surface area (Å²) in [7, 11) is -3.56. The molecule has 1 fully saturated rings. The van der Waals surface area contributed by atoms with Crippen molar-refractivity contribution in [3.05, 3.63) is 65.0 Å². The van der Waals surface area contributed by atoms with Crippen molar-refractivity contribution in [2.24, 2.45) is 0 Å². The number of halogens is 1. The van der Waals surface area contributed by atoms with Crippen molar-refractivity contribution in [2.75, 3.05) is 17.1 Å². The third-order valence-electron chi connectivity index (χ3n) is 7.53. The molecule has 0 radical (unpaired) electrons. The van der Waals surface area contributed by atoms with Crippen molar-refractivity contribution < 1.29 is 22.4 Å². The van der Waals surface area contributed by atoms with E-state index in [-0.39, 0.29) is 43.2 Å². The van der Waals surface area contributed by atoms with E-state index in [1.54, 1.807) is 23.1 Å². The molecule has 0 bridgehead atoms. The Hall–Kier alpha value is -2.94. The van der Waals surface area contributed by atoms with Gasteiger partial charge in [-0.15, -0.1) is 0 Å². The number of aryl methyl sites for hydroxylation is 2. The van der Waals surface area contributed by atoms with E-state index < -0.39 is 16.1 Å².